The molecule has 0 aliphatic carbocycles. The van der Waals surface area contributed by atoms with Gasteiger partial charge in [0.15, 0.2) is 0 Å². The first-order valence-electron chi connectivity index (χ1n) is 13.9. The largest absolute Gasteiger partial charge is 0.380 e. The highest BCUT2D eigenvalue weighted by molar-refractivity contribution is 6.64. The van der Waals surface area contributed by atoms with E-state index in [-0.39, 0.29) is 46.8 Å². The Kier molecular flexibility index (Phi) is 9.25. The number of amides is 2. The molecule has 16 heteroatoms. The van der Waals surface area contributed by atoms with Crippen LogP contribution in [0.3, 0.4) is 0 Å². The van der Waals surface area contributed by atoms with Crippen molar-refractivity contribution in [2.45, 2.75) is 60.9 Å². The first kappa shape index (κ1) is 33.8. The van der Waals surface area contributed by atoms with Crippen molar-refractivity contribution >= 4 is 63.0 Å². The van der Waals surface area contributed by atoms with Crippen LogP contribution in [0.15, 0.2) is 36.4 Å². The highest BCUT2D eigenvalue weighted by Crippen LogP contribution is 2.55. The number of aldehydes is 1. The van der Waals surface area contributed by atoms with Crippen LogP contribution in [0.1, 0.15) is 40.9 Å². The lowest BCUT2D eigenvalue weighted by Gasteiger charge is -2.57. The Bertz CT molecular complexity index is 1450. The number of aliphatic hydroxyl groups is 2. The molecule has 10 radical (unpaired) electrons. The van der Waals surface area contributed by atoms with Gasteiger partial charge in [0, 0.05) is 44.5 Å². The van der Waals surface area contributed by atoms with Gasteiger partial charge in [-0.2, -0.15) is 0 Å². The highest BCUT2D eigenvalue weighted by atomic mass is 19.1. The molecule has 2 aromatic rings. The second kappa shape index (κ2) is 12.0. The quantitative estimate of drug-likeness (QED) is 0.162. The van der Waals surface area contributed by atoms with Gasteiger partial charge in [0.25, 0.3) is 11.8 Å². The number of rotatable bonds is 10. The summed E-state index contributed by atoms with van der Waals surface area (Å²) < 4.78 is 20.7. The van der Waals surface area contributed by atoms with Gasteiger partial charge in [0.1, 0.15) is 19.9 Å². The fourth-order valence-electron chi connectivity index (χ4n) is 5.82. The molecule has 10 nitrogen and oxygen atoms in total. The van der Waals surface area contributed by atoms with E-state index in [0.717, 1.165) is 25.7 Å². The van der Waals surface area contributed by atoms with E-state index < -0.39 is 45.0 Å². The third kappa shape index (κ3) is 5.61. The van der Waals surface area contributed by atoms with Crippen molar-refractivity contribution in [2.24, 2.45) is 0 Å². The molecule has 2 heterocycles. The Morgan fingerprint density at radius 3 is 2.36 bits per heavy atom. The molecule has 2 aliphatic heterocycles. The lowest BCUT2D eigenvalue weighted by molar-refractivity contribution is -0.262. The molecule has 220 valence electrons. The molecule has 1 fully saturated rings. The molecule has 0 spiro atoms. The minimum atomic E-state index is -3.32. The maximum absolute atomic E-state index is 14.9. The van der Waals surface area contributed by atoms with Gasteiger partial charge < -0.3 is 30.4 Å². The molecule has 4 N–H and O–H groups in total. The summed E-state index contributed by atoms with van der Waals surface area (Å²) in [4.78, 5) is 40.7. The smallest absolute Gasteiger partial charge is 0.280 e. The van der Waals surface area contributed by atoms with E-state index in [9.17, 15) is 29.0 Å². The van der Waals surface area contributed by atoms with Crippen LogP contribution in [0, 0.1) is 5.82 Å². The predicted octanol–water partition coefficient (Wildman–Crippen LogP) is -0.686. The first-order valence-corrected chi connectivity index (χ1v) is 13.9. The Hall–Kier alpha value is -3.06. The molecule has 4 rings (SSSR count). The fourth-order valence-corrected chi connectivity index (χ4v) is 5.82. The normalized spacial score (nSPS) is 21.8. The van der Waals surface area contributed by atoms with Gasteiger partial charge >= 0.3 is 0 Å². The fraction of sp³-hybridized carbons (Fsp3) is 0.464. The topological polar surface area (TPSA) is 131 Å². The lowest BCUT2D eigenvalue weighted by Crippen LogP contribution is -2.69. The maximum Gasteiger partial charge on any atom is 0.280 e. The van der Waals surface area contributed by atoms with Gasteiger partial charge in [-0.15, -0.1) is 0 Å². The van der Waals surface area contributed by atoms with Crippen LogP contribution >= 0.6 is 0 Å². The van der Waals surface area contributed by atoms with Crippen molar-refractivity contribution in [1.29, 1.82) is 0 Å². The number of benzene rings is 2. The minimum Gasteiger partial charge on any atom is -0.380 e. The zero-order chi connectivity index (χ0) is 32.8. The van der Waals surface area contributed by atoms with E-state index in [1.54, 1.807) is 12.1 Å². The Labute approximate surface area is 262 Å². The van der Waals surface area contributed by atoms with E-state index >= 15 is 0 Å². The van der Waals surface area contributed by atoms with Gasteiger partial charge in [-0.05, 0) is 48.9 Å². The third-order valence-corrected chi connectivity index (χ3v) is 8.13. The Balaban J connectivity index is 1.64. The zero-order valence-corrected chi connectivity index (χ0v) is 24.7. The van der Waals surface area contributed by atoms with Crippen LogP contribution in [0.5, 0.6) is 0 Å². The molecule has 2 aliphatic rings. The van der Waals surface area contributed by atoms with Crippen molar-refractivity contribution in [1.82, 2.24) is 15.1 Å². The molecular weight excluding hydrogens is 561 g/mol. The molecule has 44 heavy (non-hydrogen) atoms. The number of nitrogens with one attached hydrogen (secondary N) is 2. The number of morpholine rings is 1. The van der Waals surface area contributed by atoms with E-state index in [0.29, 0.717) is 6.54 Å². The standard InChI is InChI=1S/C28H30B5FN4O6/c1-15-11-37(12-16(2)44-15)13-17-7-8-20(34)18(9-17)10-36-21-6-4-5-19-22(21)27(42,43)38(23(19)40)25(29,14-39)28(32,33)26(30,31)24(41)35-3/h4-9,14-16,36,42-43H,10-13H2,1-3H3,(H,35,41). The monoisotopic (exact) mass is 592 g/mol. The average Bonchev–Trinajstić information content (AvgIpc) is 3.16. The van der Waals surface area contributed by atoms with Crippen molar-refractivity contribution in [3.8, 4) is 0 Å². The summed E-state index contributed by atoms with van der Waals surface area (Å²) in [6, 6.07) is 8.79. The van der Waals surface area contributed by atoms with Gasteiger partial charge in [-0.1, -0.05) is 17.3 Å². The second-order valence-electron chi connectivity index (χ2n) is 11.5. The molecule has 2 amide bonds. The number of ether oxygens (including phenoxy) is 1. The van der Waals surface area contributed by atoms with E-state index in [1.807, 2.05) is 13.8 Å². The van der Waals surface area contributed by atoms with Crippen LogP contribution in [0.4, 0.5) is 10.1 Å². The van der Waals surface area contributed by atoms with Crippen LogP contribution in [-0.4, -0.2) is 115 Å². The number of nitrogens with zero attached hydrogens (tertiary/aromatic N) is 2. The summed E-state index contributed by atoms with van der Waals surface area (Å²) in [7, 11) is 31.2. The zero-order valence-electron chi connectivity index (χ0n) is 24.7. The Morgan fingerprint density at radius 1 is 1.14 bits per heavy atom. The number of carbonyl (C=O) groups is 3. The van der Waals surface area contributed by atoms with Crippen LogP contribution in [0.25, 0.3) is 0 Å². The highest BCUT2D eigenvalue weighted by Gasteiger charge is 2.63. The SMILES string of the molecule is [B]C([B])(C(=O)NC)C([B])([B])C([B])(C=O)N1C(=O)c2cccc(NCc3cc(CN4CC(C)OC(C)C4)ccc3F)c2C1(O)O. The van der Waals surface area contributed by atoms with Crippen LogP contribution in [-0.2, 0) is 33.3 Å². The molecule has 1 saturated heterocycles. The van der Waals surface area contributed by atoms with Crippen molar-refractivity contribution < 1.29 is 33.7 Å². The number of hydrogen-bond acceptors (Lipinski definition) is 8. The summed E-state index contributed by atoms with van der Waals surface area (Å²) in [5.41, 5.74) is -2.65. The van der Waals surface area contributed by atoms with Gasteiger partial charge in [-0.3, -0.25) is 19.4 Å². The summed E-state index contributed by atoms with van der Waals surface area (Å²) in [5, 5.41) is 22.1. The van der Waals surface area contributed by atoms with Gasteiger partial charge in [0.05, 0.1) is 60.2 Å². The number of halogens is 1. The predicted molar refractivity (Wildman–Crippen MR) is 165 cm³/mol. The van der Waals surface area contributed by atoms with E-state index in [4.69, 9.17) is 44.0 Å². The number of carbonyl (C=O) groups excluding carboxylic acids is 3. The number of anilines is 1. The minimum absolute atomic E-state index is 0.00469. The molecule has 0 bridgehead atoms. The maximum atomic E-state index is 14.9. The molecule has 2 aromatic carbocycles. The number of fused-ring (bicyclic) bond motifs is 1. The van der Waals surface area contributed by atoms with E-state index in [2.05, 4.69) is 15.5 Å². The van der Waals surface area contributed by atoms with Crippen LogP contribution in [0.2, 0.25) is 10.4 Å². The summed E-state index contributed by atoms with van der Waals surface area (Å²) in [5.74, 6) is -6.17. The third-order valence-electron chi connectivity index (χ3n) is 8.13. The average molecular weight is 592 g/mol. The summed E-state index contributed by atoms with van der Waals surface area (Å²) in [6.45, 7) is 5.87. The van der Waals surface area contributed by atoms with Crippen molar-refractivity contribution in [2.75, 3.05) is 25.5 Å². The van der Waals surface area contributed by atoms with Gasteiger partial charge in [-0.25, -0.2) is 4.39 Å². The van der Waals surface area contributed by atoms with Crippen LogP contribution < -0.4 is 10.6 Å². The summed E-state index contributed by atoms with van der Waals surface area (Å²) in [6.07, 6.45) is -0.0329. The molecule has 0 aromatic heterocycles. The first-order chi connectivity index (χ1) is 20.4. The number of hydrogen-bond donors (Lipinski definition) is 4. The second-order valence-corrected chi connectivity index (χ2v) is 11.5. The van der Waals surface area contributed by atoms with E-state index in [1.165, 1.54) is 24.3 Å². The molecule has 3 atom stereocenters. The molecular formula is C28H30B5FN4O6. The van der Waals surface area contributed by atoms with Crippen molar-refractivity contribution in [3.63, 3.8) is 0 Å². The Morgan fingerprint density at radius 2 is 1.77 bits per heavy atom. The summed E-state index contributed by atoms with van der Waals surface area (Å²) >= 11 is 0. The lowest BCUT2D eigenvalue weighted by atomic mass is 9.22. The van der Waals surface area contributed by atoms with Gasteiger partial charge in [0.2, 0.25) is 5.91 Å². The molecule has 3 unspecified atom stereocenters. The van der Waals surface area contributed by atoms with Crippen molar-refractivity contribution in [3.05, 3.63) is 64.5 Å². The molecule has 0 saturated carbocycles.